The fourth-order valence-corrected chi connectivity index (χ4v) is 3.38. The van der Waals surface area contributed by atoms with Crippen LogP contribution in [0.1, 0.15) is 21.6 Å². The number of hydrogen-bond acceptors (Lipinski definition) is 5. The van der Waals surface area contributed by atoms with Gasteiger partial charge in [-0.1, -0.05) is 48.5 Å². The smallest absolute Gasteiger partial charge is 0.274 e. The van der Waals surface area contributed by atoms with E-state index in [2.05, 4.69) is 15.3 Å². The van der Waals surface area contributed by atoms with Gasteiger partial charge in [0.05, 0.1) is 0 Å². The second-order valence-electron chi connectivity index (χ2n) is 6.66. The quantitative estimate of drug-likeness (QED) is 0.720. The molecule has 4 rings (SSSR count). The van der Waals surface area contributed by atoms with Gasteiger partial charge in [-0.05, 0) is 35.4 Å². The van der Waals surface area contributed by atoms with Gasteiger partial charge in [0.25, 0.3) is 11.8 Å². The van der Waals surface area contributed by atoms with Gasteiger partial charge in [0.2, 0.25) is 0 Å². The zero-order chi connectivity index (χ0) is 20.4. The first kappa shape index (κ1) is 18.4. The van der Waals surface area contributed by atoms with E-state index in [0.29, 0.717) is 22.5 Å². The van der Waals surface area contributed by atoms with Crippen molar-refractivity contribution in [1.29, 1.82) is 0 Å². The number of benzene rings is 2. The van der Waals surface area contributed by atoms with Gasteiger partial charge in [0.15, 0.2) is 11.5 Å². The van der Waals surface area contributed by atoms with Gasteiger partial charge >= 0.3 is 0 Å². The van der Waals surface area contributed by atoms with Gasteiger partial charge in [-0.2, -0.15) is 0 Å². The largest absolute Gasteiger partial charge is 0.369 e. The second kappa shape index (κ2) is 7.20. The highest BCUT2D eigenvalue weighted by Crippen LogP contribution is 2.39. The van der Waals surface area contributed by atoms with E-state index in [1.807, 2.05) is 30.3 Å². The fourth-order valence-electron chi connectivity index (χ4n) is 3.38. The molecule has 2 aromatic carbocycles. The van der Waals surface area contributed by atoms with Crippen LogP contribution in [0.25, 0.3) is 0 Å². The summed E-state index contributed by atoms with van der Waals surface area (Å²) < 4.78 is 0. The van der Waals surface area contributed by atoms with Crippen molar-refractivity contribution < 1.29 is 9.59 Å². The van der Waals surface area contributed by atoms with Crippen molar-refractivity contribution in [2.45, 2.75) is 5.54 Å². The number of nitrogens with two attached hydrogens (primary N) is 1. The van der Waals surface area contributed by atoms with Crippen LogP contribution in [0.4, 0.5) is 5.69 Å². The van der Waals surface area contributed by atoms with Crippen LogP contribution in [0, 0.1) is 0 Å². The van der Waals surface area contributed by atoms with E-state index < -0.39 is 5.54 Å². The van der Waals surface area contributed by atoms with Gasteiger partial charge in [0, 0.05) is 18.9 Å². The summed E-state index contributed by atoms with van der Waals surface area (Å²) in [5, 5.41) is 2.82. The van der Waals surface area contributed by atoms with E-state index in [-0.39, 0.29) is 17.8 Å². The molecule has 7 heteroatoms. The lowest BCUT2D eigenvalue weighted by Crippen LogP contribution is -2.41. The summed E-state index contributed by atoms with van der Waals surface area (Å²) in [7, 11) is 1.60. The summed E-state index contributed by atoms with van der Waals surface area (Å²) in [5.41, 5.74) is 6.83. The number of nitrogens with zero attached hydrogens (tertiary/aromatic N) is 3. The Balaban J connectivity index is 1.77. The average Bonchev–Trinajstić information content (AvgIpc) is 3.00. The van der Waals surface area contributed by atoms with Crippen molar-refractivity contribution in [3.8, 4) is 0 Å². The van der Waals surface area contributed by atoms with Crippen molar-refractivity contribution in [3.05, 3.63) is 95.8 Å². The van der Waals surface area contributed by atoms with Crippen LogP contribution in [-0.4, -0.2) is 34.7 Å². The number of pyridine rings is 1. The molecule has 0 aliphatic carbocycles. The van der Waals surface area contributed by atoms with Gasteiger partial charge in [-0.3, -0.25) is 19.5 Å². The number of guanidine groups is 1. The Morgan fingerprint density at radius 2 is 1.72 bits per heavy atom. The average molecular weight is 385 g/mol. The summed E-state index contributed by atoms with van der Waals surface area (Å²) >= 11 is 0. The van der Waals surface area contributed by atoms with Crippen molar-refractivity contribution in [1.82, 2.24) is 9.88 Å². The number of nitrogens with one attached hydrogen (secondary N) is 1. The maximum atomic E-state index is 13.2. The molecule has 0 spiro atoms. The molecule has 3 aromatic rings. The van der Waals surface area contributed by atoms with Crippen LogP contribution in [0.2, 0.25) is 0 Å². The van der Waals surface area contributed by atoms with Crippen LogP contribution in [0.15, 0.2) is 84.0 Å². The van der Waals surface area contributed by atoms with E-state index in [1.54, 1.807) is 55.7 Å². The molecule has 0 radical (unpaired) electrons. The molecule has 7 nitrogen and oxygen atoms in total. The molecule has 1 aromatic heterocycles. The van der Waals surface area contributed by atoms with Gasteiger partial charge < -0.3 is 11.1 Å². The van der Waals surface area contributed by atoms with E-state index in [1.165, 1.54) is 4.90 Å². The number of aliphatic imine (C=N–C) groups is 1. The lowest BCUT2D eigenvalue weighted by Gasteiger charge is -2.26. The molecule has 0 saturated carbocycles. The number of carbonyl (C=O) groups excluding carboxylic acids is 2. The highest BCUT2D eigenvalue weighted by molar-refractivity contribution is 6.09. The van der Waals surface area contributed by atoms with Gasteiger partial charge in [-0.25, -0.2) is 4.99 Å². The zero-order valence-corrected chi connectivity index (χ0v) is 15.7. The summed E-state index contributed by atoms with van der Waals surface area (Å²) in [6.07, 6.45) is 1.56. The minimum absolute atomic E-state index is 0.141. The summed E-state index contributed by atoms with van der Waals surface area (Å²) in [6.45, 7) is 0. The Hall–Kier alpha value is -4.00. The summed E-state index contributed by atoms with van der Waals surface area (Å²) in [6, 6.07) is 21.4. The number of carbonyl (C=O) groups is 2. The highest BCUT2D eigenvalue weighted by atomic mass is 16.2. The molecule has 1 aliphatic heterocycles. The third-order valence-corrected chi connectivity index (χ3v) is 4.87. The molecule has 29 heavy (non-hydrogen) atoms. The molecule has 2 heterocycles. The molecule has 3 N–H and O–H groups in total. The second-order valence-corrected chi connectivity index (χ2v) is 6.66. The maximum absolute atomic E-state index is 13.2. The van der Waals surface area contributed by atoms with Crippen LogP contribution < -0.4 is 11.1 Å². The minimum Gasteiger partial charge on any atom is -0.369 e. The number of rotatable bonds is 4. The topological polar surface area (TPSA) is 101 Å². The van der Waals surface area contributed by atoms with E-state index >= 15 is 0 Å². The van der Waals surface area contributed by atoms with Crippen molar-refractivity contribution in [2.24, 2.45) is 10.7 Å². The number of likely N-dealkylation sites (N-methyl/N-ethyl adjacent to an activating group) is 1. The van der Waals surface area contributed by atoms with Gasteiger partial charge in [0.1, 0.15) is 5.69 Å². The molecular weight excluding hydrogens is 366 g/mol. The molecule has 1 atom stereocenters. The van der Waals surface area contributed by atoms with Crippen LogP contribution in [-0.2, 0) is 10.3 Å². The molecule has 0 bridgehead atoms. The molecule has 2 amide bonds. The van der Waals surface area contributed by atoms with E-state index in [0.717, 1.165) is 0 Å². The summed E-state index contributed by atoms with van der Waals surface area (Å²) in [5.74, 6) is -0.453. The Kier molecular flexibility index (Phi) is 4.56. The monoisotopic (exact) mass is 385 g/mol. The number of amides is 2. The lowest BCUT2D eigenvalue weighted by atomic mass is 9.82. The molecule has 1 unspecified atom stereocenters. The molecular formula is C22H19N5O2. The minimum atomic E-state index is -1.30. The third kappa shape index (κ3) is 3.12. The highest BCUT2D eigenvalue weighted by Gasteiger charge is 2.49. The van der Waals surface area contributed by atoms with Crippen LogP contribution in [0.3, 0.4) is 0 Å². The normalized spacial score (nSPS) is 18.4. The van der Waals surface area contributed by atoms with E-state index in [9.17, 15) is 9.59 Å². The van der Waals surface area contributed by atoms with Gasteiger partial charge in [-0.15, -0.1) is 0 Å². The third-order valence-electron chi connectivity index (χ3n) is 4.87. The first-order valence-electron chi connectivity index (χ1n) is 9.04. The Labute approximate surface area is 167 Å². The van der Waals surface area contributed by atoms with Crippen molar-refractivity contribution >= 4 is 23.5 Å². The predicted octanol–water partition coefficient (Wildman–Crippen LogP) is 2.36. The Morgan fingerprint density at radius 3 is 2.38 bits per heavy atom. The Bertz CT molecular complexity index is 1100. The lowest BCUT2D eigenvalue weighted by molar-refractivity contribution is -0.129. The molecule has 0 fully saturated rings. The van der Waals surface area contributed by atoms with Crippen LogP contribution >= 0.6 is 0 Å². The van der Waals surface area contributed by atoms with E-state index in [4.69, 9.17) is 5.73 Å². The Morgan fingerprint density at radius 1 is 1.00 bits per heavy atom. The number of anilines is 1. The first-order valence-corrected chi connectivity index (χ1v) is 9.04. The fraction of sp³-hybridized carbons (Fsp3) is 0.0909. The number of hydrogen-bond donors (Lipinski definition) is 2. The standard InChI is InChI=1S/C22H19N5O2/c1-27-20(29)22(26-21(27)23,15-8-3-2-4-9-15)16-10-7-11-17(14-16)25-19(28)18-12-5-6-13-24-18/h2-14H,1H3,(H2,23,26)(H,25,28). The molecule has 0 saturated heterocycles. The predicted molar refractivity (Wildman–Crippen MR) is 110 cm³/mol. The summed E-state index contributed by atoms with van der Waals surface area (Å²) in [4.78, 5) is 35.6. The maximum Gasteiger partial charge on any atom is 0.274 e. The molecule has 1 aliphatic rings. The number of aromatic nitrogens is 1. The van der Waals surface area contributed by atoms with Crippen molar-refractivity contribution in [2.75, 3.05) is 12.4 Å². The molecule has 144 valence electrons. The zero-order valence-electron chi connectivity index (χ0n) is 15.7. The van der Waals surface area contributed by atoms with Crippen LogP contribution in [0.5, 0.6) is 0 Å². The first-order chi connectivity index (χ1) is 14.0. The SMILES string of the molecule is CN1C(=O)C(c2ccccc2)(c2cccc(NC(=O)c3ccccn3)c2)N=C1N. The van der Waals surface area contributed by atoms with Crippen molar-refractivity contribution in [3.63, 3.8) is 0 Å².